The number of nitrogens with one attached hydrogen (secondary N) is 1. The maximum absolute atomic E-state index is 11.9. The molecule has 1 rings (SSSR count). The van der Waals surface area contributed by atoms with Gasteiger partial charge in [-0.2, -0.15) is 4.31 Å². The molecule has 0 saturated heterocycles. The van der Waals surface area contributed by atoms with Crippen LogP contribution in [0.15, 0.2) is 24.3 Å². The number of ether oxygens (including phenoxy) is 1. The Morgan fingerprint density at radius 1 is 1.30 bits per heavy atom. The van der Waals surface area contributed by atoms with Gasteiger partial charge in [0.15, 0.2) is 0 Å². The smallest absolute Gasteiger partial charge is 0.239 e. The number of nitrogens with zero attached hydrogens (tertiary/aromatic N) is 1. The van der Waals surface area contributed by atoms with Crippen LogP contribution in [0.5, 0.6) is 5.75 Å². The number of anilines is 1. The van der Waals surface area contributed by atoms with Crippen LogP contribution < -0.4 is 10.1 Å². The predicted molar refractivity (Wildman–Crippen MR) is 78.3 cm³/mol. The third-order valence-electron chi connectivity index (χ3n) is 2.68. The van der Waals surface area contributed by atoms with Gasteiger partial charge in [0.25, 0.3) is 0 Å². The standard InChI is InChI=1S/C13H20N2O4S/c1-10(2)15(20(4,17)18)9-13(16)14-11-5-7-12(19-3)8-6-11/h5-8,10H,9H2,1-4H3,(H,14,16). The number of carbonyl (C=O) groups excluding carboxylic acids is 1. The van der Waals surface area contributed by atoms with E-state index >= 15 is 0 Å². The van der Waals surface area contributed by atoms with E-state index in [-0.39, 0.29) is 18.5 Å². The van der Waals surface area contributed by atoms with Gasteiger partial charge < -0.3 is 10.1 Å². The summed E-state index contributed by atoms with van der Waals surface area (Å²) in [5.74, 6) is 0.303. The van der Waals surface area contributed by atoms with Gasteiger partial charge in [0.05, 0.1) is 19.9 Å². The molecule has 112 valence electrons. The molecular formula is C13H20N2O4S. The Morgan fingerprint density at radius 2 is 1.85 bits per heavy atom. The van der Waals surface area contributed by atoms with Gasteiger partial charge in [-0.3, -0.25) is 4.79 Å². The van der Waals surface area contributed by atoms with E-state index in [9.17, 15) is 13.2 Å². The van der Waals surface area contributed by atoms with Crippen LogP contribution in [0.2, 0.25) is 0 Å². The summed E-state index contributed by atoms with van der Waals surface area (Å²) in [6.07, 6.45) is 1.09. The first-order chi connectivity index (χ1) is 9.24. The summed E-state index contributed by atoms with van der Waals surface area (Å²) in [4.78, 5) is 11.9. The van der Waals surface area contributed by atoms with Crippen molar-refractivity contribution in [2.45, 2.75) is 19.9 Å². The van der Waals surface area contributed by atoms with E-state index in [1.807, 2.05) is 0 Å². The minimum absolute atomic E-state index is 0.206. The lowest BCUT2D eigenvalue weighted by molar-refractivity contribution is -0.116. The van der Waals surface area contributed by atoms with Crippen LogP contribution in [-0.4, -0.2) is 44.6 Å². The summed E-state index contributed by atoms with van der Waals surface area (Å²) < 4.78 is 29.3. The summed E-state index contributed by atoms with van der Waals surface area (Å²) in [6.45, 7) is 3.24. The van der Waals surface area contributed by atoms with E-state index in [0.29, 0.717) is 11.4 Å². The van der Waals surface area contributed by atoms with Gasteiger partial charge in [-0.1, -0.05) is 0 Å². The molecule has 1 N–H and O–H groups in total. The molecule has 0 aliphatic rings. The number of carbonyl (C=O) groups is 1. The first kappa shape index (κ1) is 16.5. The van der Waals surface area contributed by atoms with Gasteiger partial charge in [-0.15, -0.1) is 0 Å². The summed E-state index contributed by atoms with van der Waals surface area (Å²) in [5.41, 5.74) is 0.591. The van der Waals surface area contributed by atoms with E-state index < -0.39 is 10.0 Å². The number of hydrogen-bond acceptors (Lipinski definition) is 4. The molecule has 0 saturated carbocycles. The van der Waals surface area contributed by atoms with E-state index in [0.717, 1.165) is 10.6 Å². The Morgan fingerprint density at radius 3 is 2.25 bits per heavy atom. The van der Waals surface area contributed by atoms with Gasteiger partial charge in [0.2, 0.25) is 15.9 Å². The van der Waals surface area contributed by atoms with Crippen LogP contribution in [0, 0.1) is 0 Å². The van der Waals surface area contributed by atoms with Crippen molar-refractivity contribution in [3.8, 4) is 5.75 Å². The Labute approximate surface area is 119 Å². The molecule has 0 heterocycles. The maximum atomic E-state index is 11.9. The number of sulfonamides is 1. The van der Waals surface area contributed by atoms with Crippen LogP contribution in [0.3, 0.4) is 0 Å². The largest absolute Gasteiger partial charge is 0.497 e. The fourth-order valence-corrected chi connectivity index (χ4v) is 2.82. The summed E-state index contributed by atoms with van der Waals surface area (Å²) in [6, 6.07) is 6.54. The molecule has 0 unspecified atom stereocenters. The predicted octanol–water partition coefficient (Wildman–Crippen LogP) is 1.30. The number of hydrogen-bond donors (Lipinski definition) is 1. The van der Waals surface area contributed by atoms with Crippen molar-refractivity contribution in [2.24, 2.45) is 0 Å². The Balaban J connectivity index is 2.70. The molecular weight excluding hydrogens is 280 g/mol. The van der Waals surface area contributed by atoms with Crippen molar-refractivity contribution in [3.63, 3.8) is 0 Å². The fraction of sp³-hybridized carbons (Fsp3) is 0.462. The maximum Gasteiger partial charge on any atom is 0.239 e. The van der Waals surface area contributed by atoms with Crippen molar-refractivity contribution in [1.29, 1.82) is 0 Å². The summed E-state index contributed by atoms with van der Waals surface area (Å²) in [7, 11) is -1.85. The molecule has 1 aromatic rings. The fourth-order valence-electron chi connectivity index (χ4n) is 1.70. The molecule has 0 spiro atoms. The van der Waals surface area contributed by atoms with Crippen LogP contribution in [0.4, 0.5) is 5.69 Å². The summed E-state index contributed by atoms with van der Waals surface area (Å²) >= 11 is 0. The minimum atomic E-state index is -3.41. The highest BCUT2D eigenvalue weighted by atomic mass is 32.2. The Kier molecular flexibility index (Phi) is 5.52. The van der Waals surface area contributed by atoms with Crippen LogP contribution >= 0.6 is 0 Å². The van der Waals surface area contributed by atoms with Gasteiger partial charge in [0.1, 0.15) is 5.75 Å². The first-order valence-corrected chi connectivity index (χ1v) is 7.99. The molecule has 1 amide bonds. The molecule has 0 radical (unpaired) electrons. The SMILES string of the molecule is COc1ccc(NC(=O)CN(C(C)C)S(C)(=O)=O)cc1. The Hall–Kier alpha value is -1.60. The van der Waals surface area contributed by atoms with Crippen LogP contribution in [0.1, 0.15) is 13.8 Å². The van der Waals surface area contributed by atoms with Crippen molar-refractivity contribution in [2.75, 3.05) is 25.2 Å². The number of methoxy groups -OCH3 is 1. The van der Waals surface area contributed by atoms with E-state index in [1.54, 1.807) is 45.2 Å². The average molecular weight is 300 g/mol. The third kappa shape index (κ3) is 4.82. The number of rotatable bonds is 6. The van der Waals surface area contributed by atoms with E-state index in [4.69, 9.17) is 4.74 Å². The number of amides is 1. The van der Waals surface area contributed by atoms with Gasteiger partial charge in [0, 0.05) is 11.7 Å². The van der Waals surface area contributed by atoms with Gasteiger partial charge in [-0.05, 0) is 38.1 Å². The van der Waals surface area contributed by atoms with Crippen molar-refractivity contribution < 1.29 is 17.9 Å². The molecule has 0 aliphatic carbocycles. The van der Waals surface area contributed by atoms with Crippen LogP contribution in [0.25, 0.3) is 0 Å². The highest BCUT2D eigenvalue weighted by molar-refractivity contribution is 7.88. The molecule has 1 aromatic carbocycles. The topological polar surface area (TPSA) is 75.7 Å². The molecule has 0 bridgehead atoms. The Bertz CT molecular complexity index is 552. The average Bonchev–Trinajstić information content (AvgIpc) is 2.35. The monoisotopic (exact) mass is 300 g/mol. The second-order valence-electron chi connectivity index (χ2n) is 4.68. The summed E-state index contributed by atoms with van der Waals surface area (Å²) in [5, 5.41) is 2.65. The normalized spacial score (nSPS) is 11.7. The highest BCUT2D eigenvalue weighted by Gasteiger charge is 2.22. The quantitative estimate of drug-likeness (QED) is 0.859. The van der Waals surface area contributed by atoms with Crippen molar-refractivity contribution in [1.82, 2.24) is 4.31 Å². The minimum Gasteiger partial charge on any atom is -0.497 e. The van der Waals surface area contributed by atoms with Gasteiger partial charge >= 0.3 is 0 Å². The molecule has 0 atom stereocenters. The molecule has 0 fully saturated rings. The second-order valence-corrected chi connectivity index (χ2v) is 6.61. The van der Waals surface area contributed by atoms with Gasteiger partial charge in [-0.25, -0.2) is 8.42 Å². The second kappa shape index (κ2) is 6.71. The van der Waals surface area contributed by atoms with Crippen molar-refractivity contribution in [3.05, 3.63) is 24.3 Å². The van der Waals surface area contributed by atoms with E-state index in [1.165, 1.54) is 0 Å². The molecule has 7 heteroatoms. The lowest BCUT2D eigenvalue weighted by atomic mass is 10.3. The number of benzene rings is 1. The molecule has 0 aliphatic heterocycles. The first-order valence-electron chi connectivity index (χ1n) is 6.14. The zero-order valence-electron chi connectivity index (χ0n) is 12.1. The zero-order chi connectivity index (χ0) is 15.3. The third-order valence-corrected chi connectivity index (χ3v) is 4.08. The zero-order valence-corrected chi connectivity index (χ0v) is 12.9. The van der Waals surface area contributed by atoms with Crippen molar-refractivity contribution >= 4 is 21.6 Å². The molecule has 6 nitrogen and oxygen atoms in total. The van der Waals surface area contributed by atoms with Crippen LogP contribution in [-0.2, 0) is 14.8 Å². The highest BCUT2D eigenvalue weighted by Crippen LogP contribution is 2.15. The molecule has 20 heavy (non-hydrogen) atoms. The lowest BCUT2D eigenvalue weighted by Gasteiger charge is -2.23. The van der Waals surface area contributed by atoms with E-state index in [2.05, 4.69) is 5.32 Å². The molecule has 0 aromatic heterocycles. The lowest BCUT2D eigenvalue weighted by Crippen LogP contribution is -2.41.